The molecule has 0 aliphatic carbocycles. The fourth-order valence-corrected chi connectivity index (χ4v) is 3.89. The molecule has 0 radical (unpaired) electrons. The van der Waals surface area contributed by atoms with E-state index in [4.69, 9.17) is 5.26 Å². The highest BCUT2D eigenvalue weighted by molar-refractivity contribution is 5.96. The van der Waals surface area contributed by atoms with Crippen LogP contribution >= 0.6 is 0 Å². The van der Waals surface area contributed by atoms with Crippen LogP contribution in [-0.2, 0) is 6.42 Å². The third-order valence-corrected chi connectivity index (χ3v) is 5.48. The van der Waals surface area contributed by atoms with Crippen LogP contribution in [0.3, 0.4) is 0 Å². The van der Waals surface area contributed by atoms with Gasteiger partial charge in [0.25, 0.3) is 0 Å². The summed E-state index contributed by atoms with van der Waals surface area (Å²) in [5.41, 5.74) is 10.3. The topological polar surface area (TPSA) is 48.7 Å². The number of fused-ring (bicyclic) bond motifs is 1. The smallest absolute Gasteiger partial charge is 0.0625 e. The molecule has 3 aromatic rings. The van der Waals surface area contributed by atoms with Gasteiger partial charge in [-0.05, 0) is 41.8 Å². The first kappa shape index (κ1) is 21.1. The van der Waals surface area contributed by atoms with E-state index in [2.05, 4.69) is 78.9 Å². The Labute approximate surface area is 189 Å². The zero-order chi connectivity index (χ0) is 22.5. The van der Waals surface area contributed by atoms with Crippen LogP contribution in [0.5, 0.6) is 0 Å². The Morgan fingerprint density at radius 2 is 1.94 bits per heavy atom. The molecule has 0 saturated heterocycles. The van der Waals surface area contributed by atoms with Crippen molar-refractivity contribution in [2.75, 3.05) is 5.32 Å². The maximum Gasteiger partial charge on any atom is 0.0625 e. The molecule has 0 unspecified atom stereocenters. The lowest BCUT2D eigenvalue weighted by Crippen LogP contribution is -2.13. The van der Waals surface area contributed by atoms with Crippen molar-refractivity contribution in [3.63, 3.8) is 0 Å². The molecule has 0 fully saturated rings. The van der Waals surface area contributed by atoms with Crippen LogP contribution in [0.15, 0.2) is 103 Å². The van der Waals surface area contributed by atoms with E-state index in [1.54, 1.807) is 0 Å². The van der Waals surface area contributed by atoms with E-state index < -0.39 is 0 Å². The van der Waals surface area contributed by atoms with Crippen LogP contribution in [0, 0.1) is 18.3 Å². The lowest BCUT2D eigenvalue weighted by atomic mass is 9.84. The van der Waals surface area contributed by atoms with Gasteiger partial charge in [0.15, 0.2) is 0 Å². The van der Waals surface area contributed by atoms with Gasteiger partial charge < -0.3 is 5.32 Å². The predicted molar refractivity (Wildman–Crippen MR) is 133 cm³/mol. The van der Waals surface area contributed by atoms with E-state index in [-0.39, 0.29) is 0 Å². The fraction of sp³-hybridized carbons (Fsp3) is 0.103. The summed E-state index contributed by atoms with van der Waals surface area (Å²) >= 11 is 0. The van der Waals surface area contributed by atoms with Gasteiger partial charge in [-0.2, -0.15) is 5.26 Å². The van der Waals surface area contributed by atoms with Crippen molar-refractivity contribution in [2.24, 2.45) is 0 Å². The number of hydrogen-bond donors (Lipinski definition) is 1. The van der Waals surface area contributed by atoms with Crippen LogP contribution in [0.4, 0.5) is 5.69 Å². The van der Waals surface area contributed by atoms with Crippen LogP contribution in [0.2, 0.25) is 0 Å². The molecule has 156 valence electrons. The zero-order valence-corrected chi connectivity index (χ0v) is 18.2. The van der Waals surface area contributed by atoms with Gasteiger partial charge in [0.05, 0.1) is 6.07 Å². The summed E-state index contributed by atoms with van der Waals surface area (Å²) in [6.07, 6.45) is 7.00. The SMILES string of the molecule is C=C(/C=C/c1ccc(CCC#N)nc1)C1=C(c2ccccc2)c2cc(C)ccc2NC1=C. The molecule has 4 rings (SSSR count). The maximum absolute atomic E-state index is 8.74. The van der Waals surface area contributed by atoms with Gasteiger partial charge in [-0.15, -0.1) is 0 Å². The molecule has 3 heteroatoms. The molecule has 1 aliphatic heterocycles. The van der Waals surface area contributed by atoms with Gasteiger partial charge in [-0.25, -0.2) is 0 Å². The van der Waals surface area contributed by atoms with Crippen molar-refractivity contribution in [1.29, 1.82) is 5.26 Å². The second-order valence-corrected chi connectivity index (χ2v) is 7.87. The number of aryl methyl sites for hydroxylation is 2. The minimum absolute atomic E-state index is 0.478. The van der Waals surface area contributed by atoms with E-state index in [0.29, 0.717) is 12.8 Å². The van der Waals surface area contributed by atoms with E-state index in [9.17, 15) is 0 Å². The van der Waals surface area contributed by atoms with E-state index >= 15 is 0 Å². The number of benzene rings is 2. The third-order valence-electron chi connectivity index (χ3n) is 5.48. The minimum atomic E-state index is 0.478. The normalized spacial score (nSPS) is 12.9. The van der Waals surface area contributed by atoms with Gasteiger partial charge in [0, 0.05) is 52.8 Å². The second-order valence-electron chi connectivity index (χ2n) is 7.87. The molecule has 0 atom stereocenters. The van der Waals surface area contributed by atoms with Crippen LogP contribution in [0.25, 0.3) is 11.6 Å². The molecule has 1 aromatic heterocycles. The summed E-state index contributed by atoms with van der Waals surface area (Å²) in [5, 5.41) is 12.2. The number of rotatable bonds is 6. The molecule has 1 N–H and O–H groups in total. The summed E-state index contributed by atoms with van der Waals surface area (Å²) in [7, 11) is 0. The summed E-state index contributed by atoms with van der Waals surface area (Å²) in [5.74, 6) is 0. The van der Waals surface area contributed by atoms with Crippen LogP contribution < -0.4 is 5.32 Å². The lowest BCUT2D eigenvalue weighted by Gasteiger charge is -2.28. The second kappa shape index (κ2) is 9.32. The Morgan fingerprint density at radius 3 is 2.66 bits per heavy atom. The van der Waals surface area contributed by atoms with Gasteiger partial charge >= 0.3 is 0 Å². The van der Waals surface area contributed by atoms with Crippen molar-refractivity contribution in [3.8, 4) is 6.07 Å². The molecule has 2 heterocycles. The number of nitrogens with one attached hydrogen (secondary N) is 1. The summed E-state index contributed by atoms with van der Waals surface area (Å²) < 4.78 is 0. The number of nitrogens with zero attached hydrogens (tertiary/aromatic N) is 2. The summed E-state index contributed by atoms with van der Waals surface area (Å²) in [4.78, 5) is 4.45. The quantitative estimate of drug-likeness (QED) is 0.448. The molecule has 0 saturated carbocycles. The number of anilines is 1. The van der Waals surface area contributed by atoms with Gasteiger partial charge in [-0.1, -0.05) is 73.3 Å². The molecular formula is C29H25N3. The molecule has 1 aliphatic rings. The number of nitriles is 1. The maximum atomic E-state index is 8.74. The van der Waals surface area contributed by atoms with Crippen molar-refractivity contribution >= 4 is 17.3 Å². The lowest BCUT2D eigenvalue weighted by molar-refractivity contribution is 0.951. The first-order valence-corrected chi connectivity index (χ1v) is 10.6. The summed E-state index contributed by atoms with van der Waals surface area (Å²) in [6, 6.07) is 22.9. The first-order chi connectivity index (χ1) is 15.6. The molecule has 0 amide bonds. The van der Waals surface area contributed by atoms with E-state index in [1.165, 1.54) is 5.56 Å². The Hall–Kier alpha value is -4.16. The molecular weight excluding hydrogens is 390 g/mol. The Balaban J connectivity index is 1.73. The van der Waals surface area contributed by atoms with E-state index in [0.717, 1.165) is 50.5 Å². The average molecular weight is 416 g/mol. The van der Waals surface area contributed by atoms with Crippen molar-refractivity contribution in [1.82, 2.24) is 4.98 Å². The molecule has 32 heavy (non-hydrogen) atoms. The third kappa shape index (κ3) is 4.45. The molecule has 0 spiro atoms. The van der Waals surface area contributed by atoms with Crippen LogP contribution in [0.1, 0.15) is 34.4 Å². The van der Waals surface area contributed by atoms with Gasteiger partial charge in [0.1, 0.15) is 0 Å². The Bertz CT molecular complexity index is 1270. The fourth-order valence-electron chi connectivity index (χ4n) is 3.89. The first-order valence-electron chi connectivity index (χ1n) is 10.6. The number of aromatic nitrogens is 1. The molecule has 2 aromatic carbocycles. The number of hydrogen-bond acceptors (Lipinski definition) is 3. The highest BCUT2D eigenvalue weighted by atomic mass is 14.9. The van der Waals surface area contributed by atoms with Gasteiger partial charge in [0.2, 0.25) is 0 Å². The minimum Gasteiger partial charge on any atom is -0.355 e. The monoisotopic (exact) mass is 415 g/mol. The number of pyridine rings is 1. The number of allylic oxidation sites excluding steroid dienone is 2. The zero-order valence-electron chi connectivity index (χ0n) is 18.2. The standard InChI is InChI=1S/C29H25N3/c1-20-11-16-27-26(18-20)29(24-8-5-4-6-9-24)28(22(3)32-27)21(2)12-13-23-14-15-25(31-19-23)10-7-17-30/h4-6,8-9,11-16,18-19,32H,2-3,7,10H2,1H3/b13-12+. The van der Waals surface area contributed by atoms with Crippen LogP contribution in [-0.4, -0.2) is 4.98 Å². The Kier molecular flexibility index (Phi) is 6.14. The Morgan fingerprint density at radius 1 is 1.12 bits per heavy atom. The largest absolute Gasteiger partial charge is 0.355 e. The average Bonchev–Trinajstić information content (AvgIpc) is 2.82. The highest BCUT2D eigenvalue weighted by Crippen LogP contribution is 2.42. The highest BCUT2D eigenvalue weighted by Gasteiger charge is 2.23. The van der Waals surface area contributed by atoms with E-state index in [1.807, 2.05) is 36.5 Å². The molecule has 0 bridgehead atoms. The van der Waals surface area contributed by atoms with Crippen molar-refractivity contribution < 1.29 is 0 Å². The van der Waals surface area contributed by atoms with Gasteiger partial charge in [-0.3, -0.25) is 4.98 Å². The van der Waals surface area contributed by atoms with Crippen molar-refractivity contribution in [2.45, 2.75) is 19.8 Å². The summed E-state index contributed by atoms with van der Waals surface area (Å²) in [6.45, 7) is 10.8. The molecule has 3 nitrogen and oxygen atoms in total. The van der Waals surface area contributed by atoms with Crippen molar-refractivity contribution in [3.05, 3.63) is 131 Å². The predicted octanol–water partition coefficient (Wildman–Crippen LogP) is 6.86.